The fraction of sp³-hybridized carbons (Fsp3) is 0.520. The molecular weight excluding hydrogens is 789 g/mol. The number of methoxy groups -OCH3 is 1. The maximum atomic E-state index is 14.9. The van der Waals surface area contributed by atoms with Crippen LogP contribution in [0.15, 0.2) is 101 Å². The Bertz CT molecular complexity index is 1990. The third kappa shape index (κ3) is 10.8. The molecule has 0 bridgehead atoms. The predicted octanol–water partition coefficient (Wildman–Crippen LogP) is 10.1. The second-order valence-corrected chi connectivity index (χ2v) is 18.2. The van der Waals surface area contributed by atoms with E-state index in [9.17, 15) is 15.0 Å². The average molecular weight is 855 g/mol. The molecule has 1 saturated carbocycles. The van der Waals surface area contributed by atoms with Crippen LogP contribution < -0.4 is 14.2 Å². The molecule has 1 heterocycles. The maximum absolute atomic E-state index is 14.9. The molecule has 2 aliphatic carbocycles. The lowest BCUT2D eigenvalue weighted by molar-refractivity contribution is -0.257. The second kappa shape index (κ2) is 21.2. The van der Waals surface area contributed by atoms with Crippen molar-refractivity contribution in [2.24, 2.45) is 22.9 Å². The Hall–Kier alpha value is -4.29. The van der Waals surface area contributed by atoms with Gasteiger partial charge in [0.2, 0.25) is 11.7 Å². The van der Waals surface area contributed by atoms with Gasteiger partial charge in [-0.05, 0) is 137 Å². The number of amides is 1. The first-order valence-corrected chi connectivity index (χ1v) is 23.2. The van der Waals surface area contributed by atoms with Crippen molar-refractivity contribution in [2.45, 2.75) is 114 Å². The summed E-state index contributed by atoms with van der Waals surface area (Å²) in [5.41, 5.74) is 3.07. The van der Waals surface area contributed by atoms with Gasteiger partial charge in [0.05, 0.1) is 31.8 Å². The topological polar surface area (TPSA) is 119 Å². The average Bonchev–Trinajstić information content (AvgIpc) is 3.25. The largest absolute Gasteiger partial charge is 0.497 e. The van der Waals surface area contributed by atoms with Crippen LogP contribution in [-0.4, -0.2) is 83.9 Å². The van der Waals surface area contributed by atoms with E-state index in [0.29, 0.717) is 49.5 Å². The van der Waals surface area contributed by atoms with Gasteiger partial charge in [-0.2, -0.15) is 0 Å². The first-order chi connectivity index (χ1) is 29.5. The van der Waals surface area contributed by atoms with Crippen molar-refractivity contribution in [1.29, 1.82) is 0 Å². The summed E-state index contributed by atoms with van der Waals surface area (Å²) in [7, 11) is 1.63. The van der Waals surface area contributed by atoms with Crippen LogP contribution >= 0.6 is 11.8 Å². The number of ether oxygens (including phenoxy) is 4. The van der Waals surface area contributed by atoms with Crippen LogP contribution in [0.5, 0.6) is 23.0 Å². The summed E-state index contributed by atoms with van der Waals surface area (Å²) < 4.78 is 26.6. The molecule has 10 nitrogen and oxygen atoms in total. The van der Waals surface area contributed by atoms with Gasteiger partial charge in [-0.3, -0.25) is 4.79 Å². The quantitative estimate of drug-likeness (QED) is 0.0467. The van der Waals surface area contributed by atoms with Crippen molar-refractivity contribution in [1.82, 2.24) is 4.90 Å². The molecule has 2 N–H and O–H groups in total. The fourth-order valence-electron chi connectivity index (χ4n) is 9.44. The number of nitrogens with zero attached hydrogens (tertiary/aromatic N) is 2. The molecule has 3 aliphatic rings. The van der Waals surface area contributed by atoms with Crippen LogP contribution in [0.2, 0.25) is 0 Å². The molecule has 1 amide bonds. The minimum atomic E-state index is -1.33. The molecule has 0 aromatic heterocycles. The van der Waals surface area contributed by atoms with Gasteiger partial charge in [0, 0.05) is 42.6 Å². The van der Waals surface area contributed by atoms with Gasteiger partial charge in [-0.1, -0.05) is 49.2 Å². The van der Waals surface area contributed by atoms with Crippen molar-refractivity contribution in [3.63, 3.8) is 0 Å². The zero-order chi connectivity index (χ0) is 43.6. The first-order valence-electron chi connectivity index (χ1n) is 22.0. The Kier molecular flexibility index (Phi) is 16.1. The van der Waals surface area contributed by atoms with E-state index in [1.807, 2.05) is 74.2 Å². The van der Waals surface area contributed by atoms with E-state index in [4.69, 9.17) is 28.9 Å². The van der Waals surface area contributed by atoms with Crippen LogP contribution in [0.25, 0.3) is 0 Å². The first kappa shape index (κ1) is 46.2. The number of carbonyl (C=O) groups is 1. The number of carbonyl (C=O) groups excluding carboxylic acids is 1. The molecule has 0 saturated heterocycles. The van der Waals surface area contributed by atoms with E-state index in [2.05, 4.69) is 44.0 Å². The SMILES string of the molecule is C=CCOC12Oc3ccc(Oc4ccc(SC)cc4)cc3C3C(CCCCO)C(CCCCO)C=C(C(=NOC(C)(C)C)CC1N(CCC)C(=O)Cc1cccc(OC)c1)C32. The number of hydrogen-bond donors (Lipinski definition) is 2. The number of rotatable bonds is 21. The lowest BCUT2D eigenvalue weighted by Crippen LogP contribution is -2.70. The molecule has 3 aromatic rings. The van der Waals surface area contributed by atoms with Crippen LogP contribution in [0, 0.1) is 17.8 Å². The molecule has 11 heteroatoms. The second-order valence-electron chi connectivity index (χ2n) is 17.4. The molecule has 61 heavy (non-hydrogen) atoms. The number of hydrogen-bond acceptors (Lipinski definition) is 10. The molecule has 0 spiro atoms. The number of unbranched alkanes of at least 4 members (excludes halogenated alkanes) is 2. The Morgan fingerprint density at radius 2 is 1.74 bits per heavy atom. The van der Waals surface area contributed by atoms with Crippen molar-refractivity contribution >= 4 is 23.4 Å². The lowest BCUT2D eigenvalue weighted by atomic mass is 9.55. The number of aliphatic hydroxyl groups is 2. The summed E-state index contributed by atoms with van der Waals surface area (Å²) in [6, 6.07) is 21.2. The van der Waals surface area contributed by atoms with Crippen molar-refractivity contribution < 1.29 is 38.8 Å². The standard InChI is InChI=1S/C50H66N2O8S/c1-8-25-52(46(55)30-34-15-14-17-37(29-34)56-6)45-33-43(51-60-49(3,4)5)41-31-35(16-10-12-26-53)40(18-11-13-27-54)47-42-32-38(58-36-19-22-39(61-7)23-20-36)21-24-44(42)59-50(45,48(41)47)57-28-9-2/h9,14-15,17,19-24,29,31-32,35,40,45,47-48,53-54H,2,8,10-13,16,18,25-28,30,33H2,1,3-7H3. The van der Waals surface area contributed by atoms with E-state index in [0.717, 1.165) is 58.7 Å². The predicted molar refractivity (Wildman–Crippen MR) is 243 cm³/mol. The Labute approximate surface area is 367 Å². The van der Waals surface area contributed by atoms with Crippen molar-refractivity contribution in [3.05, 3.63) is 102 Å². The summed E-state index contributed by atoms with van der Waals surface area (Å²) in [6.45, 7) is 13.0. The summed E-state index contributed by atoms with van der Waals surface area (Å²) in [6.07, 6.45) is 12.2. The van der Waals surface area contributed by atoms with Gasteiger partial charge in [-0.15, -0.1) is 18.3 Å². The van der Waals surface area contributed by atoms with Gasteiger partial charge in [0.1, 0.15) is 34.6 Å². The van der Waals surface area contributed by atoms with E-state index < -0.39 is 23.3 Å². The molecule has 1 fully saturated rings. The third-order valence-corrected chi connectivity index (χ3v) is 12.8. The van der Waals surface area contributed by atoms with E-state index in [1.165, 1.54) is 0 Å². The third-order valence-electron chi connectivity index (χ3n) is 12.0. The van der Waals surface area contributed by atoms with Gasteiger partial charge in [0.25, 0.3) is 0 Å². The van der Waals surface area contributed by atoms with E-state index in [1.54, 1.807) is 24.9 Å². The van der Waals surface area contributed by atoms with Gasteiger partial charge < -0.3 is 38.9 Å². The smallest absolute Gasteiger partial charge is 0.239 e. The zero-order valence-electron chi connectivity index (χ0n) is 36.9. The fourth-order valence-corrected chi connectivity index (χ4v) is 9.85. The normalized spacial score (nSPS) is 23.6. The highest BCUT2D eigenvalue weighted by molar-refractivity contribution is 7.98. The highest BCUT2D eigenvalue weighted by Crippen LogP contribution is 2.62. The van der Waals surface area contributed by atoms with E-state index >= 15 is 0 Å². The Morgan fingerprint density at radius 1 is 1.00 bits per heavy atom. The molecule has 1 aliphatic heterocycles. The van der Waals surface area contributed by atoms with Crippen LogP contribution in [0.1, 0.15) is 96.1 Å². The van der Waals surface area contributed by atoms with E-state index in [-0.39, 0.29) is 49.9 Å². The Balaban J connectivity index is 1.58. The zero-order valence-corrected chi connectivity index (χ0v) is 37.8. The summed E-state index contributed by atoms with van der Waals surface area (Å²) in [5.74, 6) is 1.07. The molecule has 6 atom stereocenters. The number of oxime groups is 1. The summed E-state index contributed by atoms with van der Waals surface area (Å²) in [5, 5.41) is 24.9. The summed E-state index contributed by atoms with van der Waals surface area (Å²) >= 11 is 1.68. The van der Waals surface area contributed by atoms with Crippen LogP contribution in [0.3, 0.4) is 0 Å². The molecule has 0 radical (unpaired) electrons. The maximum Gasteiger partial charge on any atom is 0.239 e. The number of fused-ring (bicyclic) bond motifs is 2. The molecule has 6 rings (SSSR count). The highest BCUT2D eigenvalue weighted by atomic mass is 32.2. The summed E-state index contributed by atoms with van der Waals surface area (Å²) in [4.78, 5) is 24.3. The lowest BCUT2D eigenvalue weighted by Gasteiger charge is -2.60. The van der Waals surface area contributed by atoms with Crippen molar-refractivity contribution in [3.8, 4) is 23.0 Å². The van der Waals surface area contributed by atoms with Crippen molar-refractivity contribution in [2.75, 3.05) is 39.7 Å². The van der Waals surface area contributed by atoms with Crippen LogP contribution in [0.4, 0.5) is 0 Å². The minimum Gasteiger partial charge on any atom is -0.497 e. The number of thioether (sulfide) groups is 1. The van der Waals surface area contributed by atoms with Gasteiger partial charge >= 0.3 is 0 Å². The number of aliphatic hydroxyl groups excluding tert-OH is 2. The number of benzene rings is 3. The molecule has 330 valence electrons. The molecule has 6 unspecified atom stereocenters. The van der Waals surface area contributed by atoms with Gasteiger partial charge in [0.15, 0.2) is 0 Å². The monoisotopic (exact) mass is 854 g/mol. The highest BCUT2D eigenvalue weighted by Gasteiger charge is 2.65. The van der Waals surface area contributed by atoms with Crippen LogP contribution in [-0.2, 0) is 20.8 Å². The Morgan fingerprint density at radius 3 is 2.41 bits per heavy atom. The molecule has 3 aromatic carbocycles. The van der Waals surface area contributed by atoms with Gasteiger partial charge in [-0.25, -0.2) is 0 Å². The number of allylic oxidation sites excluding steroid dienone is 1. The minimum absolute atomic E-state index is 0.0513. The molecular formula is C50H66N2O8S.